The highest BCUT2D eigenvalue weighted by Crippen LogP contribution is 2.31. The summed E-state index contributed by atoms with van der Waals surface area (Å²) in [4.78, 5) is 29.8. The summed E-state index contributed by atoms with van der Waals surface area (Å²) in [6, 6.07) is 11.6. The maximum Gasteiger partial charge on any atom is 0.251 e. The van der Waals surface area contributed by atoms with E-state index in [2.05, 4.69) is 10.3 Å². The number of aromatic nitrogens is 1. The Morgan fingerprint density at radius 1 is 1.03 bits per heavy atom. The molecule has 0 bridgehead atoms. The van der Waals surface area contributed by atoms with Gasteiger partial charge in [0.2, 0.25) is 0 Å². The van der Waals surface area contributed by atoms with Crippen LogP contribution in [0.25, 0.3) is 11.3 Å². The van der Waals surface area contributed by atoms with Crippen LogP contribution in [0.3, 0.4) is 0 Å². The molecule has 1 amide bonds. The maximum atomic E-state index is 13.6. The fourth-order valence-corrected chi connectivity index (χ4v) is 3.33. The third-order valence-corrected chi connectivity index (χ3v) is 5.26. The number of hydrogen-bond acceptors (Lipinski definition) is 7. The zero-order chi connectivity index (χ0) is 26.5. The van der Waals surface area contributed by atoms with Gasteiger partial charge >= 0.3 is 0 Å². The first kappa shape index (κ1) is 26.9. The van der Waals surface area contributed by atoms with Crippen LogP contribution in [0.4, 0.5) is 4.39 Å². The topological polar surface area (TPSA) is 107 Å². The van der Waals surface area contributed by atoms with Crippen LogP contribution in [0.1, 0.15) is 34.7 Å². The Hall–Kier alpha value is -3.69. The number of ketones is 1. The van der Waals surface area contributed by atoms with Crippen LogP contribution >= 0.6 is 11.6 Å². The van der Waals surface area contributed by atoms with Crippen molar-refractivity contribution < 1.29 is 33.3 Å². The molecular formula is C26H26ClFN2O6. The van der Waals surface area contributed by atoms with Crippen LogP contribution in [0.5, 0.6) is 17.2 Å². The van der Waals surface area contributed by atoms with Gasteiger partial charge in [-0.3, -0.25) is 9.59 Å². The number of carbonyl (C=O) groups is 2. The Kier molecular flexibility index (Phi) is 8.49. The summed E-state index contributed by atoms with van der Waals surface area (Å²) >= 11 is 5.89. The lowest BCUT2D eigenvalue weighted by atomic mass is 10.1. The smallest absolute Gasteiger partial charge is 0.251 e. The summed E-state index contributed by atoms with van der Waals surface area (Å²) in [7, 11) is 2.88. The molecule has 0 aliphatic heterocycles. The molecule has 0 spiro atoms. The van der Waals surface area contributed by atoms with Crippen molar-refractivity contribution in [3.05, 3.63) is 70.6 Å². The van der Waals surface area contributed by atoms with Gasteiger partial charge in [0, 0.05) is 11.1 Å². The summed E-state index contributed by atoms with van der Waals surface area (Å²) in [5.41, 5.74) is 0.0673. The summed E-state index contributed by atoms with van der Waals surface area (Å²) in [5.74, 6) is -0.493. The van der Waals surface area contributed by atoms with Crippen molar-refractivity contribution in [3.8, 4) is 28.5 Å². The number of aliphatic hydroxyl groups is 1. The van der Waals surface area contributed by atoms with Crippen LogP contribution in [-0.4, -0.2) is 54.8 Å². The average Bonchev–Trinajstić information content (AvgIpc) is 2.86. The highest BCUT2D eigenvalue weighted by molar-refractivity contribution is 6.31. The summed E-state index contributed by atoms with van der Waals surface area (Å²) < 4.78 is 29.7. The maximum absolute atomic E-state index is 13.6. The monoisotopic (exact) mass is 516 g/mol. The molecule has 0 atom stereocenters. The first-order valence-electron chi connectivity index (χ1n) is 10.9. The van der Waals surface area contributed by atoms with Crippen LogP contribution in [-0.2, 0) is 0 Å². The van der Waals surface area contributed by atoms with Crippen molar-refractivity contribution in [2.24, 2.45) is 0 Å². The van der Waals surface area contributed by atoms with Crippen molar-refractivity contribution in [1.82, 2.24) is 10.3 Å². The fourth-order valence-electron chi connectivity index (χ4n) is 3.15. The molecule has 2 N–H and O–H groups in total. The standard InChI is InChI=1S/C26H26ClFN2O6/c1-26(2,33)14-36-21-9-6-16(12-23(21)35-4)25(32)29-13-20(31)19-8-10-22(34-3)24(30-19)15-5-7-18(28)17(27)11-15/h5-12,33H,13-14H2,1-4H3,(H,29,32). The van der Waals surface area contributed by atoms with Gasteiger partial charge in [0.05, 0.1) is 31.4 Å². The number of rotatable bonds is 10. The molecule has 8 nitrogen and oxygen atoms in total. The minimum atomic E-state index is -1.04. The number of hydrogen-bond donors (Lipinski definition) is 2. The van der Waals surface area contributed by atoms with Gasteiger partial charge < -0.3 is 24.6 Å². The first-order valence-corrected chi connectivity index (χ1v) is 11.2. The predicted molar refractivity (Wildman–Crippen MR) is 133 cm³/mol. The van der Waals surface area contributed by atoms with Gasteiger partial charge in [-0.1, -0.05) is 11.6 Å². The molecule has 0 saturated heterocycles. The molecular weight excluding hydrogens is 491 g/mol. The van der Waals surface area contributed by atoms with E-state index in [1.54, 1.807) is 26.0 Å². The lowest BCUT2D eigenvalue weighted by molar-refractivity contribution is 0.0276. The SMILES string of the molecule is COc1cc(C(=O)NCC(=O)c2ccc(OC)c(-c3ccc(F)c(Cl)c3)n2)ccc1OCC(C)(C)O. The Morgan fingerprint density at radius 3 is 2.36 bits per heavy atom. The van der Waals surface area contributed by atoms with Crippen LogP contribution in [0.2, 0.25) is 5.02 Å². The second kappa shape index (κ2) is 11.4. The molecule has 0 fully saturated rings. The van der Waals surface area contributed by atoms with E-state index < -0.39 is 23.1 Å². The molecule has 0 aliphatic rings. The van der Waals surface area contributed by atoms with Crippen molar-refractivity contribution in [2.45, 2.75) is 19.4 Å². The molecule has 1 aromatic heterocycles. The number of pyridine rings is 1. The number of nitrogens with one attached hydrogen (secondary N) is 1. The van der Waals surface area contributed by atoms with E-state index in [0.717, 1.165) is 0 Å². The van der Waals surface area contributed by atoms with E-state index in [4.69, 9.17) is 25.8 Å². The van der Waals surface area contributed by atoms with Crippen molar-refractivity contribution in [1.29, 1.82) is 0 Å². The minimum absolute atomic E-state index is 0.0321. The predicted octanol–water partition coefficient (Wildman–Crippen LogP) is 4.32. The zero-order valence-electron chi connectivity index (χ0n) is 20.2. The Labute approximate surface area is 213 Å². The zero-order valence-corrected chi connectivity index (χ0v) is 21.0. The number of halogens is 2. The lowest BCUT2D eigenvalue weighted by Gasteiger charge is -2.19. The van der Waals surface area contributed by atoms with Gasteiger partial charge in [0.15, 0.2) is 17.3 Å². The molecule has 2 aromatic carbocycles. The molecule has 190 valence electrons. The molecule has 0 unspecified atom stereocenters. The molecule has 0 radical (unpaired) electrons. The van der Waals surface area contributed by atoms with E-state index in [9.17, 15) is 19.1 Å². The lowest BCUT2D eigenvalue weighted by Crippen LogP contribution is -2.30. The van der Waals surface area contributed by atoms with Gasteiger partial charge in [-0.2, -0.15) is 0 Å². The normalized spacial score (nSPS) is 11.1. The van der Waals surface area contributed by atoms with E-state index >= 15 is 0 Å². The van der Waals surface area contributed by atoms with E-state index in [0.29, 0.717) is 28.5 Å². The second-order valence-electron chi connectivity index (χ2n) is 8.45. The molecule has 3 rings (SSSR count). The van der Waals surface area contributed by atoms with E-state index in [1.807, 2.05) is 0 Å². The largest absolute Gasteiger partial charge is 0.494 e. The minimum Gasteiger partial charge on any atom is -0.494 e. The van der Waals surface area contributed by atoms with Crippen molar-refractivity contribution in [2.75, 3.05) is 27.4 Å². The van der Waals surface area contributed by atoms with Crippen molar-refractivity contribution in [3.63, 3.8) is 0 Å². The average molecular weight is 517 g/mol. The van der Waals surface area contributed by atoms with E-state index in [-0.39, 0.29) is 29.4 Å². The van der Waals surface area contributed by atoms with E-state index in [1.165, 1.54) is 50.6 Å². The molecule has 10 heteroatoms. The third kappa shape index (κ3) is 6.71. The van der Waals surface area contributed by atoms with Crippen molar-refractivity contribution >= 4 is 23.3 Å². The van der Waals surface area contributed by atoms with Crippen LogP contribution in [0.15, 0.2) is 48.5 Å². The molecule has 1 heterocycles. The number of carbonyl (C=O) groups excluding carboxylic acids is 2. The number of Topliss-reactive ketones (excluding diaryl/α,β-unsaturated/α-hetero) is 1. The van der Waals surface area contributed by atoms with Gasteiger partial charge in [-0.25, -0.2) is 9.37 Å². The third-order valence-electron chi connectivity index (χ3n) is 4.97. The Bertz CT molecular complexity index is 1280. The molecule has 3 aromatic rings. The number of amides is 1. The Morgan fingerprint density at radius 2 is 1.72 bits per heavy atom. The van der Waals surface area contributed by atoms with Gasteiger partial charge in [0.25, 0.3) is 5.91 Å². The Balaban J connectivity index is 1.73. The number of ether oxygens (including phenoxy) is 3. The van der Waals surface area contributed by atoms with Gasteiger partial charge in [-0.15, -0.1) is 0 Å². The summed E-state index contributed by atoms with van der Waals surface area (Å²) in [5, 5.41) is 12.3. The summed E-state index contributed by atoms with van der Waals surface area (Å²) in [6.45, 7) is 2.92. The van der Waals surface area contributed by atoms with Crippen LogP contribution < -0.4 is 19.5 Å². The molecule has 0 aliphatic carbocycles. The number of methoxy groups -OCH3 is 2. The summed E-state index contributed by atoms with van der Waals surface area (Å²) in [6.07, 6.45) is 0. The highest BCUT2D eigenvalue weighted by atomic mass is 35.5. The van der Waals surface area contributed by atoms with Gasteiger partial charge in [0.1, 0.15) is 29.6 Å². The quantitative estimate of drug-likeness (QED) is 0.386. The highest BCUT2D eigenvalue weighted by Gasteiger charge is 2.18. The molecule has 0 saturated carbocycles. The first-order chi connectivity index (χ1) is 17.0. The van der Waals surface area contributed by atoms with Gasteiger partial charge in [-0.05, 0) is 62.4 Å². The second-order valence-corrected chi connectivity index (χ2v) is 8.86. The fraction of sp³-hybridized carbons (Fsp3) is 0.269. The number of nitrogens with zero attached hydrogens (tertiary/aromatic N) is 1. The molecule has 36 heavy (non-hydrogen) atoms. The van der Waals surface area contributed by atoms with Crippen LogP contribution in [0, 0.1) is 5.82 Å². The number of benzene rings is 2.